The van der Waals surface area contributed by atoms with Crippen molar-refractivity contribution in [3.8, 4) is 0 Å². The lowest BCUT2D eigenvalue weighted by atomic mass is 9.97. The van der Waals surface area contributed by atoms with E-state index in [1.807, 2.05) is 11.8 Å². The molecule has 2 saturated heterocycles. The van der Waals surface area contributed by atoms with Gasteiger partial charge < -0.3 is 39.6 Å². The molecule has 2 aliphatic rings. The van der Waals surface area contributed by atoms with E-state index in [1.165, 1.54) is 0 Å². The van der Waals surface area contributed by atoms with Crippen LogP contribution in [-0.4, -0.2) is 120 Å². The van der Waals surface area contributed by atoms with Crippen LogP contribution in [0.2, 0.25) is 0 Å². The van der Waals surface area contributed by atoms with Crippen LogP contribution in [0, 0.1) is 5.92 Å². The van der Waals surface area contributed by atoms with Crippen molar-refractivity contribution in [2.45, 2.75) is 56.2 Å². The second-order valence-electron chi connectivity index (χ2n) is 9.99. The van der Waals surface area contributed by atoms with Crippen molar-refractivity contribution in [2.24, 2.45) is 11.0 Å². The standard InChI is InChI=1S/C27H48N6O8S/c28-33-31-8-3-7-29-25(35)6-10-37-12-14-39-16-18-41-19-17-40-15-13-38-11-9-30-24(34)5-2-1-4-23-27-22(21-42-23)20-26(36)32-27/h22-23,27H,1-21H2,(H,29,35)(H,30,34)(H,32,36)/t22-,23-,27-/m0/s1. The van der Waals surface area contributed by atoms with Gasteiger partial charge in [-0.1, -0.05) is 11.5 Å². The predicted octanol–water partition coefficient (Wildman–Crippen LogP) is 1.57. The smallest absolute Gasteiger partial charge is 0.222 e. The van der Waals surface area contributed by atoms with E-state index < -0.39 is 0 Å². The molecule has 0 saturated carbocycles. The van der Waals surface area contributed by atoms with Gasteiger partial charge in [0.05, 0.1) is 66.1 Å². The largest absolute Gasteiger partial charge is 0.379 e. The summed E-state index contributed by atoms with van der Waals surface area (Å²) in [6.45, 7) is 5.67. The molecule has 42 heavy (non-hydrogen) atoms. The fraction of sp³-hybridized carbons (Fsp3) is 0.889. The Balaban J connectivity index is 1.22. The molecule has 2 heterocycles. The summed E-state index contributed by atoms with van der Waals surface area (Å²) in [4.78, 5) is 37.8. The number of azide groups is 1. The molecule has 0 spiro atoms. The Morgan fingerprint density at radius 2 is 1.43 bits per heavy atom. The maximum atomic E-state index is 12.0. The van der Waals surface area contributed by atoms with Crippen LogP contribution in [0.25, 0.3) is 10.4 Å². The number of nitrogens with one attached hydrogen (secondary N) is 3. The zero-order valence-electron chi connectivity index (χ0n) is 24.6. The monoisotopic (exact) mass is 616 g/mol. The Hall–Kier alpha value is -2.13. The number of thioether (sulfide) groups is 1. The van der Waals surface area contributed by atoms with Crippen molar-refractivity contribution in [3.63, 3.8) is 0 Å². The summed E-state index contributed by atoms with van der Waals surface area (Å²) < 4.78 is 27.2. The molecule has 0 unspecified atom stereocenters. The average molecular weight is 617 g/mol. The maximum absolute atomic E-state index is 12.0. The molecule has 0 aromatic rings. The van der Waals surface area contributed by atoms with Crippen molar-refractivity contribution >= 4 is 29.5 Å². The van der Waals surface area contributed by atoms with Crippen LogP contribution in [0.1, 0.15) is 44.9 Å². The number of ether oxygens (including phenoxy) is 5. The number of nitrogens with zero attached hydrogens (tertiary/aromatic N) is 3. The molecule has 0 aromatic heterocycles. The number of unbranched alkanes of at least 4 members (excludes halogenated alkanes) is 1. The van der Waals surface area contributed by atoms with Crippen LogP contribution in [0.4, 0.5) is 0 Å². The first kappa shape index (κ1) is 36.1. The minimum absolute atomic E-state index is 0.0477. The number of carbonyl (C=O) groups excluding carboxylic acids is 3. The summed E-state index contributed by atoms with van der Waals surface area (Å²) >= 11 is 1.96. The van der Waals surface area contributed by atoms with E-state index >= 15 is 0 Å². The highest BCUT2D eigenvalue weighted by Crippen LogP contribution is 2.39. The number of amides is 3. The Morgan fingerprint density at radius 1 is 0.833 bits per heavy atom. The van der Waals surface area contributed by atoms with Gasteiger partial charge in [0.25, 0.3) is 0 Å². The van der Waals surface area contributed by atoms with Gasteiger partial charge in [-0.15, -0.1) is 0 Å². The molecule has 2 rings (SSSR count). The molecule has 240 valence electrons. The third kappa shape index (κ3) is 17.7. The van der Waals surface area contributed by atoms with Gasteiger partial charge in [-0.3, -0.25) is 14.4 Å². The highest BCUT2D eigenvalue weighted by Gasteiger charge is 2.42. The summed E-state index contributed by atoms with van der Waals surface area (Å²) in [5, 5.41) is 12.6. The van der Waals surface area contributed by atoms with E-state index in [2.05, 4.69) is 26.0 Å². The summed E-state index contributed by atoms with van der Waals surface area (Å²) in [6.07, 6.45) is 4.98. The van der Waals surface area contributed by atoms with Gasteiger partial charge in [0.15, 0.2) is 0 Å². The van der Waals surface area contributed by atoms with Gasteiger partial charge in [-0.25, -0.2) is 0 Å². The minimum atomic E-state index is -0.0972. The first-order chi connectivity index (χ1) is 20.6. The molecular formula is C27H48N6O8S. The van der Waals surface area contributed by atoms with E-state index in [0.717, 1.165) is 25.0 Å². The molecule has 15 heteroatoms. The molecule has 3 atom stereocenters. The maximum Gasteiger partial charge on any atom is 0.222 e. The van der Waals surface area contributed by atoms with Crippen LogP contribution >= 0.6 is 11.8 Å². The van der Waals surface area contributed by atoms with Gasteiger partial charge in [0.2, 0.25) is 17.7 Å². The van der Waals surface area contributed by atoms with E-state index in [1.54, 1.807) is 0 Å². The van der Waals surface area contributed by atoms with Crippen LogP contribution < -0.4 is 16.0 Å². The number of hydrogen-bond acceptors (Lipinski definition) is 10. The van der Waals surface area contributed by atoms with E-state index in [4.69, 9.17) is 29.2 Å². The van der Waals surface area contributed by atoms with Gasteiger partial charge in [-0.05, 0) is 36.5 Å². The normalized spacial score (nSPS) is 19.2. The molecule has 14 nitrogen and oxygen atoms in total. The molecule has 3 N–H and O–H groups in total. The number of carbonyl (C=O) groups is 3. The average Bonchev–Trinajstić information content (AvgIpc) is 3.53. The third-order valence-corrected chi connectivity index (χ3v) is 8.28. The lowest BCUT2D eigenvalue weighted by molar-refractivity contribution is -0.122. The number of rotatable bonds is 27. The lowest BCUT2D eigenvalue weighted by Gasteiger charge is -2.17. The zero-order valence-corrected chi connectivity index (χ0v) is 25.4. The van der Waals surface area contributed by atoms with Crippen LogP contribution in [0.5, 0.6) is 0 Å². The molecule has 2 fully saturated rings. The quantitative estimate of drug-likeness (QED) is 0.0534. The number of hydrogen-bond donors (Lipinski definition) is 3. The number of fused-ring (bicyclic) bond motifs is 1. The lowest BCUT2D eigenvalue weighted by Crippen LogP contribution is -2.34. The fourth-order valence-electron chi connectivity index (χ4n) is 4.54. The summed E-state index contributed by atoms with van der Waals surface area (Å²) in [5.74, 6) is 1.70. The van der Waals surface area contributed by atoms with Crippen LogP contribution in [0.15, 0.2) is 5.11 Å². The zero-order chi connectivity index (χ0) is 30.1. The van der Waals surface area contributed by atoms with E-state index in [-0.39, 0.29) is 24.1 Å². The molecular weight excluding hydrogens is 568 g/mol. The molecule has 0 aromatic carbocycles. The molecule has 2 aliphatic heterocycles. The van der Waals surface area contributed by atoms with Gasteiger partial charge in [-0.2, -0.15) is 11.8 Å². The van der Waals surface area contributed by atoms with Crippen molar-refractivity contribution in [1.82, 2.24) is 16.0 Å². The first-order valence-corrected chi connectivity index (χ1v) is 16.0. The Kier molecular flexibility index (Phi) is 20.9. The van der Waals surface area contributed by atoms with Crippen LogP contribution in [0.3, 0.4) is 0 Å². The van der Waals surface area contributed by atoms with Crippen LogP contribution in [-0.2, 0) is 38.1 Å². The van der Waals surface area contributed by atoms with Crippen molar-refractivity contribution in [3.05, 3.63) is 10.4 Å². The first-order valence-electron chi connectivity index (χ1n) is 14.9. The molecule has 0 radical (unpaired) electrons. The molecule has 3 amide bonds. The SMILES string of the molecule is [N-]=[N+]=NCCCNC(=O)CCOCCOCCOCCOCCOCCNC(=O)CCCC[C@@H]1SC[C@@H]2CC(=O)N[C@@H]21. The Morgan fingerprint density at radius 3 is 2.10 bits per heavy atom. The van der Waals surface area contributed by atoms with E-state index in [9.17, 15) is 14.4 Å². The highest BCUT2D eigenvalue weighted by molar-refractivity contribution is 8.00. The summed E-state index contributed by atoms with van der Waals surface area (Å²) in [7, 11) is 0. The van der Waals surface area contributed by atoms with Crippen molar-refractivity contribution < 1.29 is 38.1 Å². The second kappa shape index (κ2) is 24.3. The topological polar surface area (TPSA) is 182 Å². The van der Waals surface area contributed by atoms with Gasteiger partial charge in [0, 0.05) is 55.1 Å². The highest BCUT2D eigenvalue weighted by atomic mass is 32.2. The summed E-state index contributed by atoms with van der Waals surface area (Å²) in [6, 6.07) is 0.330. The van der Waals surface area contributed by atoms with E-state index in [0.29, 0.717) is 122 Å². The fourth-order valence-corrected chi connectivity index (χ4v) is 6.19. The van der Waals surface area contributed by atoms with Gasteiger partial charge in [0.1, 0.15) is 0 Å². The third-order valence-electron chi connectivity index (χ3n) is 6.70. The molecule has 0 aliphatic carbocycles. The Bertz CT molecular complexity index is 819. The van der Waals surface area contributed by atoms with Crippen molar-refractivity contribution in [1.29, 1.82) is 0 Å². The van der Waals surface area contributed by atoms with Gasteiger partial charge >= 0.3 is 0 Å². The second-order valence-corrected chi connectivity index (χ2v) is 11.3. The van der Waals surface area contributed by atoms with Crippen molar-refractivity contribution in [2.75, 3.05) is 91.5 Å². The minimum Gasteiger partial charge on any atom is -0.379 e. The molecule has 0 bridgehead atoms. The Labute approximate surface area is 252 Å². The predicted molar refractivity (Wildman–Crippen MR) is 158 cm³/mol. The summed E-state index contributed by atoms with van der Waals surface area (Å²) in [5.41, 5.74) is 8.17.